The van der Waals surface area contributed by atoms with Gasteiger partial charge in [0.25, 0.3) is 0 Å². The summed E-state index contributed by atoms with van der Waals surface area (Å²) in [6.45, 7) is 0. The van der Waals surface area contributed by atoms with Gasteiger partial charge in [0.05, 0.1) is 0 Å². The lowest BCUT2D eigenvalue weighted by molar-refractivity contribution is 0.490. The third-order valence-corrected chi connectivity index (χ3v) is 2.59. The number of benzene rings is 2. The molecule has 0 aromatic heterocycles. The quantitative estimate of drug-likeness (QED) is 0.723. The van der Waals surface area contributed by atoms with Crippen molar-refractivity contribution in [3.05, 3.63) is 53.8 Å². The lowest BCUT2D eigenvalue weighted by Gasteiger charge is -2.04. The van der Waals surface area contributed by atoms with E-state index in [0.29, 0.717) is 5.46 Å². The van der Waals surface area contributed by atoms with Gasteiger partial charge in [-0.15, -0.1) is 0 Å². The maximum atomic E-state index is 13.4. The minimum Gasteiger partial charge on any atom is -0.517 e. The Kier molecular flexibility index (Phi) is 2.43. The van der Waals surface area contributed by atoms with Gasteiger partial charge in [-0.1, -0.05) is 12.1 Å². The molecule has 6 heteroatoms. The summed E-state index contributed by atoms with van der Waals surface area (Å²) in [6, 6.07) is 7.36. The standard InChI is InChI=1S/C12H6BF3O2/c14-8-3-1-2-7(6-8)13-17-11-9(15)4-5-10(16)12(11)18-13/h1-6H. The van der Waals surface area contributed by atoms with Crippen LogP contribution in [-0.4, -0.2) is 7.12 Å². The molecule has 0 spiro atoms. The fraction of sp³-hybridized carbons (Fsp3) is 0. The molecule has 0 saturated heterocycles. The highest BCUT2D eigenvalue weighted by atomic mass is 19.1. The first-order chi connectivity index (χ1) is 8.65. The Morgan fingerprint density at radius 2 is 1.44 bits per heavy atom. The monoisotopic (exact) mass is 250 g/mol. The second-order valence-corrected chi connectivity index (χ2v) is 3.81. The lowest BCUT2D eigenvalue weighted by atomic mass is 9.79. The molecule has 1 aliphatic heterocycles. The topological polar surface area (TPSA) is 18.5 Å². The summed E-state index contributed by atoms with van der Waals surface area (Å²) in [5.41, 5.74) is 0.352. The summed E-state index contributed by atoms with van der Waals surface area (Å²) in [5.74, 6) is -2.49. The summed E-state index contributed by atoms with van der Waals surface area (Å²) >= 11 is 0. The molecule has 2 aromatic rings. The average Bonchev–Trinajstić information content (AvgIpc) is 2.80. The van der Waals surface area contributed by atoms with Crippen molar-refractivity contribution in [3.8, 4) is 11.5 Å². The molecular weight excluding hydrogens is 244 g/mol. The van der Waals surface area contributed by atoms with Gasteiger partial charge in [0.2, 0.25) is 0 Å². The van der Waals surface area contributed by atoms with Gasteiger partial charge in [0, 0.05) is 5.46 Å². The third-order valence-electron chi connectivity index (χ3n) is 2.59. The number of hydrogen-bond acceptors (Lipinski definition) is 2. The number of fused-ring (bicyclic) bond motifs is 1. The van der Waals surface area contributed by atoms with E-state index in [0.717, 1.165) is 12.1 Å². The van der Waals surface area contributed by atoms with Gasteiger partial charge in [-0.05, 0) is 24.3 Å². The zero-order chi connectivity index (χ0) is 12.7. The smallest absolute Gasteiger partial charge is 0.517 e. The van der Waals surface area contributed by atoms with Gasteiger partial charge >= 0.3 is 7.12 Å². The van der Waals surface area contributed by atoms with Crippen molar-refractivity contribution >= 4 is 12.6 Å². The van der Waals surface area contributed by atoms with Gasteiger partial charge in [-0.3, -0.25) is 0 Å². The van der Waals surface area contributed by atoms with Gasteiger partial charge in [0.1, 0.15) is 5.82 Å². The highest BCUT2D eigenvalue weighted by Gasteiger charge is 2.38. The van der Waals surface area contributed by atoms with E-state index in [1.807, 2.05) is 0 Å². The van der Waals surface area contributed by atoms with Crippen molar-refractivity contribution in [2.45, 2.75) is 0 Å². The molecular formula is C12H6BF3O2. The molecule has 0 N–H and O–H groups in total. The van der Waals surface area contributed by atoms with E-state index in [4.69, 9.17) is 9.31 Å². The molecule has 90 valence electrons. The second-order valence-electron chi connectivity index (χ2n) is 3.81. The average molecular weight is 250 g/mol. The normalized spacial score (nSPS) is 12.9. The molecule has 0 fully saturated rings. The molecule has 0 saturated carbocycles. The molecule has 1 aliphatic rings. The third kappa shape index (κ3) is 1.70. The van der Waals surface area contributed by atoms with Crippen LogP contribution >= 0.6 is 0 Å². The van der Waals surface area contributed by atoms with E-state index in [1.165, 1.54) is 18.2 Å². The molecule has 0 aliphatic carbocycles. The Morgan fingerprint density at radius 1 is 0.833 bits per heavy atom. The maximum Gasteiger partial charge on any atom is 0.633 e. The molecule has 3 rings (SSSR count). The van der Waals surface area contributed by atoms with E-state index < -0.39 is 24.6 Å². The zero-order valence-electron chi connectivity index (χ0n) is 8.99. The molecule has 2 nitrogen and oxygen atoms in total. The van der Waals surface area contributed by atoms with E-state index in [1.54, 1.807) is 6.07 Å². The number of hydrogen-bond donors (Lipinski definition) is 0. The summed E-state index contributed by atoms with van der Waals surface area (Å²) in [4.78, 5) is 0. The summed E-state index contributed by atoms with van der Waals surface area (Å²) in [5, 5.41) is 0. The zero-order valence-corrected chi connectivity index (χ0v) is 8.99. The van der Waals surface area contributed by atoms with Crippen LogP contribution in [0.4, 0.5) is 13.2 Å². The predicted octanol–water partition coefficient (Wildman–Crippen LogP) is 2.27. The van der Waals surface area contributed by atoms with Crippen molar-refractivity contribution in [3.63, 3.8) is 0 Å². The van der Waals surface area contributed by atoms with Crippen molar-refractivity contribution < 1.29 is 22.5 Å². The van der Waals surface area contributed by atoms with Crippen LogP contribution in [0, 0.1) is 17.5 Å². The van der Waals surface area contributed by atoms with Crippen LogP contribution < -0.4 is 14.8 Å². The second kappa shape index (κ2) is 3.98. The minimum atomic E-state index is -1.04. The molecule has 18 heavy (non-hydrogen) atoms. The van der Waals surface area contributed by atoms with Gasteiger partial charge in [-0.25, -0.2) is 13.2 Å². The highest BCUT2D eigenvalue weighted by molar-refractivity contribution is 6.63. The van der Waals surface area contributed by atoms with Crippen LogP contribution in [0.5, 0.6) is 11.5 Å². The summed E-state index contributed by atoms with van der Waals surface area (Å²) < 4.78 is 50.1. The van der Waals surface area contributed by atoms with E-state index in [9.17, 15) is 13.2 Å². The molecule has 0 radical (unpaired) electrons. The van der Waals surface area contributed by atoms with E-state index >= 15 is 0 Å². The number of halogens is 3. The van der Waals surface area contributed by atoms with Crippen molar-refractivity contribution in [1.29, 1.82) is 0 Å². The first-order valence-electron chi connectivity index (χ1n) is 5.22. The van der Waals surface area contributed by atoms with Crippen LogP contribution in [0.2, 0.25) is 0 Å². The first kappa shape index (κ1) is 11.0. The molecule has 0 unspecified atom stereocenters. The van der Waals surface area contributed by atoms with Crippen LogP contribution in [0.15, 0.2) is 36.4 Å². The Morgan fingerprint density at radius 3 is 2.00 bits per heavy atom. The van der Waals surface area contributed by atoms with E-state index in [2.05, 4.69) is 0 Å². The fourth-order valence-electron chi connectivity index (χ4n) is 1.76. The Balaban J connectivity index is 1.98. The van der Waals surface area contributed by atoms with Gasteiger partial charge in [0.15, 0.2) is 23.1 Å². The van der Waals surface area contributed by atoms with Crippen LogP contribution in [0.3, 0.4) is 0 Å². The molecule has 0 amide bonds. The Bertz CT molecular complexity index is 587. The molecule has 1 heterocycles. The summed E-state index contributed by atoms with van der Waals surface area (Å²) in [6.07, 6.45) is 0. The molecule has 2 aromatic carbocycles. The Labute approximate surface area is 101 Å². The maximum absolute atomic E-state index is 13.4. The fourth-order valence-corrected chi connectivity index (χ4v) is 1.76. The SMILES string of the molecule is Fc1cccc(B2Oc3c(F)ccc(F)c3O2)c1. The molecule has 0 atom stereocenters. The van der Waals surface area contributed by atoms with Gasteiger partial charge < -0.3 is 9.31 Å². The van der Waals surface area contributed by atoms with Crippen LogP contribution in [0.1, 0.15) is 0 Å². The predicted molar refractivity (Wildman–Crippen MR) is 59.4 cm³/mol. The summed E-state index contributed by atoms with van der Waals surface area (Å²) in [7, 11) is -1.04. The van der Waals surface area contributed by atoms with Gasteiger partial charge in [-0.2, -0.15) is 0 Å². The van der Waals surface area contributed by atoms with Crippen LogP contribution in [-0.2, 0) is 0 Å². The highest BCUT2D eigenvalue weighted by Crippen LogP contribution is 2.38. The number of rotatable bonds is 1. The lowest BCUT2D eigenvalue weighted by Crippen LogP contribution is -2.39. The molecule has 0 bridgehead atoms. The largest absolute Gasteiger partial charge is 0.633 e. The van der Waals surface area contributed by atoms with Crippen LogP contribution in [0.25, 0.3) is 0 Å². The van der Waals surface area contributed by atoms with Crippen molar-refractivity contribution in [1.82, 2.24) is 0 Å². The van der Waals surface area contributed by atoms with E-state index in [-0.39, 0.29) is 11.5 Å². The first-order valence-corrected chi connectivity index (χ1v) is 5.22. The van der Waals surface area contributed by atoms with Crippen molar-refractivity contribution in [2.75, 3.05) is 0 Å². The Hall–Kier alpha value is -2.11. The van der Waals surface area contributed by atoms with Crippen molar-refractivity contribution in [2.24, 2.45) is 0 Å². The minimum absolute atomic E-state index is 0.288.